The van der Waals surface area contributed by atoms with E-state index >= 15 is 0 Å². The molecular formula is C16H14Cl2N2O3. The molecule has 0 heterocycles. The molecule has 2 aromatic carbocycles. The van der Waals surface area contributed by atoms with Crippen LogP contribution in [0, 0.1) is 0 Å². The maximum absolute atomic E-state index is 12.2. The second kappa shape index (κ2) is 7.35. The van der Waals surface area contributed by atoms with Gasteiger partial charge in [0.05, 0.1) is 17.2 Å². The largest absolute Gasteiger partial charge is 0.494 e. The molecule has 0 saturated heterocycles. The Morgan fingerprint density at radius 2 is 1.43 bits per heavy atom. The van der Waals surface area contributed by atoms with Crippen LogP contribution in [-0.4, -0.2) is 18.9 Å². The number of halogens is 2. The molecule has 0 aliphatic heterocycles. The quantitative estimate of drug-likeness (QED) is 0.865. The van der Waals surface area contributed by atoms with Crippen LogP contribution < -0.4 is 15.4 Å². The number of carbonyl (C=O) groups excluding carboxylic acids is 2. The summed E-state index contributed by atoms with van der Waals surface area (Å²) in [7, 11) is 1.45. The predicted octanol–water partition coefficient (Wildman–Crippen LogP) is 4.21. The number of anilines is 2. The number of carbonyl (C=O) groups is 2. The third kappa shape index (κ3) is 4.37. The Hall–Kier alpha value is -2.24. The van der Waals surface area contributed by atoms with Gasteiger partial charge in [0, 0.05) is 23.9 Å². The minimum atomic E-state index is -0.358. The smallest absolute Gasteiger partial charge is 0.255 e. The van der Waals surface area contributed by atoms with E-state index in [0.29, 0.717) is 22.7 Å². The number of hydrogen-bond acceptors (Lipinski definition) is 3. The van der Waals surface area contributed by atoms with Gasteiger partial charge in [0.2, 0.25) is 5.91 Å². The molecule has 7 heteroatoms. The van der Waals surface area contributed by atoms with Gasteiger partial charge in [0.15, 0.2) is 5.75 Å². The predicted molar refractivity (Wildman–Crippen MR) is 91.7 cm³/mol. The number of nitrogens with one attached hydrogen (secondary N) is 2. The van der Waals surface area contributed by atoms with E-state index in [4.69, 9.17) is 27.9 Å². The highest BCUT2D eigenvalue weighted by Crippen LogP contribution is 2.34. The van der Waals surface area contributed by atoms with Gasteiger partial charge in [-0.15, -0.1) is 0 Å². The zero-order valence-electron chi connectivity index (χ0n) is 12.4. The van der Waals surface area contributed by atoms with Gasteiger partial charge in [0.1, 0.15) is 0 Å². The van der Waals surface area contributed by atoms with Crippen LogP contribution >= 0.6 is 23.2 Å². The van der Waals surface area contributed by atoms with Crippen LogP contribution in [0.4, 0.5) is 11.4 Å². The van der Waals surface area contributed by atoms with Crippen LogP contribution in [0.3, 0.4) is 0 Å². The molecule has 120 valence electrons. The Kier molecular flexibility index (Phi) is 5.47. The van der Waals surface area contributed by atoms with Gasteiger partial charge in [-0.05, 0) is 36.4 Å². The molecule has 23 heavy (non-hydrogen) atoms. The molecule has 0 bridgehead atoms. The molecule has 5 nitrogen and oxygen atoms in total. The highest BCUT2D eigenvalue weighted by Gasteiger charge is 2.13. The molecule has 0 radical (unpaired) electrons. The number of amides is 2. The maximum atomic E-state index is 12.2. The lowest BCUT2D eigenvalue weighted by molar-refractivity contribution is -0.114. The fourth-order valence-electron chi connectivity index (χ4n) is 1.93. The number of benzene rings is 2. The summed E-state index contributed by atoms with van der Waals surface area (Å²) < 4.78 is 5.04. The van der Waals surface area contributed by atoms with Crippen LogP contribution in [0.5, 0.6) is 5.75 Å². The molecule has 0 aliphatic rings. The highest BCUT2D eigenvalue weighted by molar-refractivity contribution is 6.37. The van der Waals surface area contributed by atoms with Crippen LogP contribution in [0.2, 0.25) is 10.0 Å². The van der Waals surface area contributed by atoms with E-state index in [1.807, 2.05) is 0 Å². The van der Waals surface area contributed by atoms with Crippen molar-refractivity contribution in [3.63, 3.8) is 0 Å². The lowest BCUT2D eigenvalue weighted by atomic mass is 10.2. The van der Waals surface area contributed by atoms with Crippen LogP contribution in [0.15, 0.2) is 36.4 Å². The zero-order valence-corrected chi connectivity index (χ0v) is 14.0. The summed E-state index contributed by atoms with van der Waals surface area (Å²) in [6.07, 6.45) is 0. The lowest BCUT2D eigenvalue weighted by Gasteiger charge is -2.10. The van der Waals surface area contributed by atoms with E-state index in [1.165, 1.54) is 26.2 Å². The van der Waals surface area contributed by atoms with E-state index in [-0.39, 0.29) is 21.9 Å². The first-order chi connectivity index (χ1) is 10.9. The monoisotopic (exact) mass is 352 g/mol. The molecule has 2 aromatic rings. The number of hydrogen-bond donors (Lipinski definition) is 2. The van der Waals surface area contributed by atoms with Gasteiger partial charge in [0.25, 0.3) is 5.91 Å². The van der Waals surface area contributed by atoms with Gasteiger partial charge in [-0.1, -0.05) is 23.2 Å². The van der Waals surface area contributed by atoms with Crippen molar-refractivity contribution in [3.8, 4) is 5.75 Å². The fourth-order valence-corrected chi connectivity index (χ4v) is 2.57. The van der Waals surface area contributed by atoms with Crippen molar-refractivity contribution in [2.75, 3.05) is 17.7 Å². The van der Waals surface area contributed by atoms with Gasteiger partial charge >= 0.3 is 0 Å². The normalized spacial score (nSPS) is 10.1. The third-order valence-electron chi connectivity index (χ3n) is 2.93. The lowest BCUT2D eigenvalue weighted by Crippen LogP contribution is -2.12. The Bertz CT molecular complexity index is 722. The van der Waals surface area contributed by atoms with E-state index in [2.05, 4.69) is 10.6 Å². The van der Waals surface area contributed by atoms with Gasteiger partial charge in [-0.25, -0.2) is 0 Å². The van der Waals surface area contributed by atoms with Crippen molar-refractivity contribution in [1.82, 2.24) is 0 Å². The van der Waals surface area contributed by atoms with Crippen molar-refractivity contribution < 1.29 is 14.3 Å². The molecule has 0 saturated carbocycles. The highest BCUT2D eigenvalue weighted by atomic mass is 35.5. The van der Waals surface area contributed by atoms with Crippen molar-refractivity contribution >= 4 is 46.4 Å². The average Bonchev–Trinajstić information content (AvgIpc) is 2.48. The van der Waals surface area contributed by atoms with Crippen LogP contribution in [-0.2, 0) is 4.79 Å². The molecule has 0 spiro atoms. The van der Waals surface area contributed by atoms with E-state index in [9.17, 15) is 9.59 Å². The van der Waals surface area contributed by atoms with Crippen molar-refractivity contribution in [1.29, 1.82) is 0 Å². The maximum Gasteiger partial charge on any atom is 0.255 e. The molecule has 2 rings (SSSR count). The van der Waals surface area contributed by atoms with Gasteiger partial charge in [-0.2, -0.15) is 0 Å². The molecule has 2 amide bonds. The van der Waals surface area contributed by atoms with Crippen LogP contribution in [0.25, 0.3) is 0 Å². The summed E-state index contributed by atoms with van der Waals surface area (Å²) >= 11 is 12.0. The van der Waals surface area contributed by atoms with Crippen molar-refractivity contribution in [2.45, 2.75) is 6.92 Å². The Morgan fingerprint density at radius 3 is 1.87 bits per heavy atom. The number of methoxy groups -OCH3 is 1. The first kappa shape index (κ1) is 17.1. The SMILES string of the molecule is COc1c(Cl)cc(C(=O)Nc2ccc(NC(C)=O)cc2)cc1Cl. The van der Waals surface area contributed by atoms with E-state index in [0.717, 1.165) is 0 Å². The molecule has 0 aliphatic carbocycles. The summed E-state index contributed by atoms with van der Waals surface area (Å²) in [4.78, 5) is 23.2. The first-order valence-electron chi connectivity index (χ1n) is 6.62. The first-order valence-corrected chi connectivity index (χ1v) is 7.38. The number of rotatable bonds is 4. The Labute approximate surface area is 143 Å². The van der Waals surface area contributed by atoms with Gasteiger partial charge in [-0.3, -0.25) is 9.59 Å². The summed E-state index contributed by atoms with van der Waals surface area (Å²) in [5, 5.41) is 5.88. The topological polar surface area (TPSA) is 67.4 Å². The minimum Gasteiger partial charge on any atom is -0.494 e. The zero-order chi connectivity index (χ0) is 17.0. The molecule has 2 N–H and O–H groups in total. The standard InChI is InChI=1S/C16H14Cl2N2O3/c1-9(21)19-11-3-5-12(6-4-11)20-16(22)10-7-13(17)15(23-2)14(18)8-10/h3-8H,1-2H3,(H,19,21)(H,20,22). The van der Waals surface area contributed by atoms with Gasteiger partial charge < -0.3 is 15.4 Å². The Morgan fingerprint density at radius 1 is 0.957 bits per heavy atom. The summed E-state index contributed by atoms with van der Waals surface area (Å²) in [6.45, 7) is 1.42. The van der Waals surface area contributed by atoms with E-state index in [1.54, 1.807) is 24.3 Å². The molecule has 0 aromatic heterocycles. The number of ether oxygens (including phenoxy) is 1. The average molecular weight is 353 g/mol. The summed E-state index contributed by atoms with van der Waals surface area (Å²) in [6, 6.07) is 9.68. The summed E-state index contributed by atoms with van der Waals surface area (Å²) in [5.74, 6) is -0.197. The molecule has 0 atom stereocenters. The second-order valence-electron chi connectivity index (χ2n) is 4.69. The fraction of sp³-hybridized carbons (Fsp3) is 0.125. The van der Waals surface area contributed by atoms with E-state index < -0.39 is 0 Å². The van der Waals surface area contributed by atoms with Crippen LogP contribution in [0.1, 0.15) is 17.3 Å². The molecular weight excluding hydrogens is 339 g/mol. The Balaban J connectivity index is 2.14. The second-order valence-corrected chi connectivity index (χ2v) is 5.50. The molecule has 0 fully saturated rings. The third-order valence-corrected chi connectivity index (χ3v) is 3.49. The molecule has 0 unspecified atom stereocenters. The van der Waals surface area contributed by atoms with Crippen molar-refractivity contribution in [2.24, 2.45) is 0 Å². The minimum absolute atomic E-state index is 0.163. The summed E-state index contributed by atoms with van der Waals surface area (Å²) in [5.41, 5.74) is 1.53. The van der Waals surface area contributed by atoms with Crippen molar-refractivity contribution in [3.05, 3.63) is 52.0 Å².